The maximum Gasteiger partial charge on any atom is 0.339 e. The Bertz CT molecular complexity index is 661. The lowest BCUT2D eigenvalue weighted by Crippen LogP contribution is -2.20. The van der Waals surface area contributed by atoms with E-state index in [4.69, 9.17) is 9.47 Å². The van der Waals surface area contributed by atoms with Crippen LogP contribution in [0, 0.1) is 11.8 Å². The summed E-state index contributed by atoms with van der Waals surface area (Å²) in [5.41, 5.74) is -1.92. The molecule has 8 heteroatoms. The Morgan fingerprint density at radius 1 is 0.731 bits per heavy atom. The molecule has 142 valence electrons. The highest BCUT2D eigenvalue weighted by molar-refractivity contribution is 6.09. The van der Waals surface area contributed by atoms with Gasteiger partial charge in [-0.3, -0.25) is 0 Å². The third-order valence-electron chi connectivity index (χ3n) is 3.15. The van der Waals surface area contributed by atoms with Crippen molar-refractivity contribution in [3.05, 3.63) is 34.4 Å². The smallest absolute Gasteiger partial charge is 0.339 e. The minimum absolute atomic E-state index is 0.0148. The molecule has 0 fully saturated rings. The van der Waals surface area contributed by atoms with Gasteiger partial charge in [-0.15, -0.1) is 0 Å². The van der Waals surface area contributed by atoms with Crippen molar-refractivity contribution in [2.75, 3.05) is 13.2 Å². The van der Waals surface area contributed by atoms with E-state index < -0.39 is 46.1 Å². The van der Waals surface area contributed by atoms with Crippen LogP contribution in [0.25, 0.3) is 0 Å². The van der Waals surface area contributed by atoms with Gasteiger partial charge < -0.3 is 19.7 Å². The van der Waals surface area contributed by atoms with Crippen LogP contribution in [0.4, 0.5) is 0 Å². The maximum absolute atomic E-state index is 12.2. The molecule has 0 aliphatic rings. The first-order valence-corrected chi connectivity index (χ1v) is 8.03. The quantitative estimate of drug-likeness (QED) is 0.672. The minimum atomic E-state index is -1.51. The fourth-order valence-corrected chi connectivity index (χ4v) is 1.93. The van der Waals surface area contributed by atoms with E-state index in [0.29, 0.717) is 0 Å². The Morgan fingerprint density at radius 3 is 1.31 bits per heavy atom. The highest BCUT2D eigenvalue weighted by Gasteiger charge is 2.27. The predicted molar refractivity (Wildman–Crippen MR) is 90.6 cm³/mol. The average molecular weight is 366 g/mol. The standard InChI is InChI=1S/C18H22O8/c1-9(2)7-25-17(23)13-6-14(18(24)26-8-10(3)4)12(16(21)22)5-11(13)15(19)20/h5-6,9-10H,7-8H2,1-4H3,(H,19,20)(H,21,22). The van der Waals surface area contributed by atoms with Gasteiger partial charge >= 0.3 is 23.9 Å². The van der Waals surface area contributed by atoms with Gasteiger partial charge in [-0.25, -0.2) is 19.2 Å². The Morgan fingerprint density at radius 2 is 1.04 bits per heavy atom. The molecule has 0 aromatic heterocycles. The van der Waals surface area contributed by atoms with Crippen molar-refractivity contribution in [3.8, 4) is 0 Å². The molecule has 0 saturated heterocycles. The maximum atomic E-state index is 12.2. The lowest BCUT2D eigenvalue weighted by molar-refractivity contribution is 0.0442. The highest BCUT2D eigenvalue weighted by Crippen LogP contribution is 2.21. The van der Waals surface area contributed by atoms with Crippen LogP contribution in [0.2, 0.25) is 0 Å². The molecular weight excluding hydrogens is 344 g/mol. The SMILES string of the molecule is CC(C)COC(=O)c1cc(C(=O)OCC(C)C)c(C(=O)O)cc1C(=O)O. The van der Waals surface area contributed by atoms with E-state index in [1.807, 2.05) is 0 Å². The molecule has 0 heterocycles. The number of carboxylic acids is 2. The molecule has 8 nitrogen and oxygen atoms in total. The van der Waals surface area contributed by atoms with Gasteiger partial charge in [0.25, 0.3) is 0 Å². The molecule has 0 bridgehead atoms. The van der Waals surface area contributed by atoms with Crippen LogP contribution < -0.4 is 0 Å². The second-order valence-electron chi connectivity index (χ2n) is 6.54. The third-order valence-corrected chi connectivity index (χ3v) is 3.15. The van der Waals surface area contributed by atoms with Crippen molar-refractivity contribution in [1.82, 2.24) is 0 Å². The molecule has 1 aromatic carbocycles. The van der Waals surface area contributed by atoms with Crippen LogP contribution >= 0.6 is 0 Å². The van der Waals surface area contributed by atoms with Gasteiger partial charge in [0, 0.05) is 0 Å². The number of carbonyl (C=O) groups excluding carboxylic acids is 2. The van der Waals surface area contributed by atoms with Crippen molar-refractivity contribution in [2.24, 2.45) is 11.8 Å². The predicted octanol–water partition coefficient (Wildman–Crippen LogP) is 2.71. The van der Waals surface area contributed by atoms with Gasteiger partial charge in [0.05, 0.1) is 35.5 Å². The molecule has 0 aliphatic heterocycles. The normalized spacial score (nSPS) is 10.7. The molecule has 2 N–H and O–H groups in total. The molecule has 1 aromatic rings. The largest absolute Gasteiger partial charge is 0.478 e. The lowest BCUT2D eigenvalue weighted by Gasteiger charge is -2.13. The Balaban J connectivity index is 3.41. The van der Waals surface area contributed by atoms with Crippen LogP contribution in [0.15, 0.2) is 12.1 Å². The van der Waals surface area contributed by atoms with Crippen molar-refractivity contribution in [1.29, 1.82) is 0 Å². The zero-order chi connectivity index (χ0) is 20.0. The van der Waals surface area contributed by atoms with Gasteiger partial charge in [-0.05, 0) is 24.0 Å². The first-order valence-electron chi connectivity index (χ1n) is 8.03. The number of carboxylic acid groups (broad SMARTS) is 2. The average Bonchev–Trinajstić information content (AvgIpc) is 2.55. The molecule has 0 amide bonds. The summed E-state index contributed by atoms with van der Waals surface area (Å²) in [4.78, 5) is 47.3. The first-order chi connectivity index (χ1) is 12.0. The molecule has 1 rings (SSSR count). The number of esters is 2. The van der Waals surface area contributed by atoms with Crippen LogP contribution in [-0.2, 0) is 9.47 Å². The molecule has 0 spiro atoms. The van der Waals surface area contributed by atoms with E-state index >= 15 is 0 Å². The van der Waals surface area contributed by atoms with E-state index in [9.17, 15) is 29.4 Å². The van der Waals surface area contributed by atoms with E-state index in [2.05, 4.69) is 0 Å². The van der Waals surface area contributed by atoms with E-state index in [1.54, 1.807) is 27.7 Å². The summed E-state index contributed by atoms with van der Waals surface area (Å²) in [6.07, 6.45) is 0. The summed E-state index contributed by atoms with van der Waals surface area (Å²) in [5, 5.41) is 18.6. The monoisotopic (exact) mass is 366 g/mol. The number of rotatable bonds is 8. The minimum Gasteiger partial charge on any atom is -0.478 e. The number of benzene rings is 1. The van der Waals surface area contributed by atoms with Crippen molar-refractivity contribution < 1.29 is 38.9 Å². The molecule has 26 heavy (non-hydrogen) atoms. The molecule has 0 atom stereocenters. The number of carbonyl (C=O) groups is 4. The Labute approximate surface area is 150 Å². The number of ether oxygens (including phenoxy) is 2. The number of hydrogen-bond donors (Lipinski definition) is 2. The van der Waals surface area contributed by atoms with Gasteiger partial charge in [0.2, 0.25) is 0 Å². The zero-order valence-electron chi connectivity index (χ0n) is 15.1. The zero-order valence-corrected chi connectivity index (χ0v) is 15.1. The summed E-state index contributed by atoms with van der Waals surface area (Å²) in [6, 6.07) is 1.67. The van der Waals surface area contributed by atoms with E-state index in [0.717, 1.165) is 12.1 Å². The second kappa shape index (κ2) is 8.98. The molecule has 0 unspecified atom stereocenters. The van der Waals surface area contributed by atoms with Crippen LogP contribution in [0.5, 0.6) is 0 Å². The molecule has 0 aliphatic carbocycles. The lowest BCUT2D eigenvalue weighted by atomic mass is 9.98. The molecule has 0 radical (unpaired) electrons. The van der Waals surface area contributed by atoms with Gasteiger partial charge in [0.1, 0.15) is 0 Å². The topological polar surface area (TPSA) is 127 Å². The summed E-state index contributed by atoms with van der Waals surface area (Å²) in [5.74, 6) is -4.89. The van der Waals surface area contributed by atoms with Crippen LogP contribution in [0.1, 0.15) is 69.1 Å². The summed E-state index contributed by atoms with van der Waals surface area (Å²) >= 11 is 0. The van der Waals surface area contributed by atoms with Gasteiger partial charge in [-0.2, -0.15) is 0 Å². The van der Waals surface area contributed by atoms with Crippen LogP contribution in [-0.4, -0.2) is 47.3 Å². The van der Waals surface area contributed by atoms with Gasteiger partial charge in [-0.1, -0.05) is 27.7 Å². The highest BCUT2D eigenvalue weighted by atomic mass is 16.5. The second-order valence-corrected chi connectivity index (χ2v) is 6.54. The summed E-state index contributed by atoms with van der Waals surface area (Å²) in [6.45, 7) is 7.29. The summed E-state index contributed by atoms with van der Waals surface area (Å²) < 4.78 is 10.0. The van der Waals surface area contributed by atoms with Gasteiger partial charge in [0.15, 0.2) is 0 Å². The summed E-state index contributed by atoms with van der Waals surface area (Å²) in [7, 11) is 0. The van der Waals surface area contributed by atoms with Crippen molar-refractivity contribution >= 4 is 23.9 Å². The molecular formula is C18H22O8. The van der Waals surface area contributed by atoms with E-state index in [1.165, 1.54) is 0 Å². The van der Waals surface area contributed by atoms with Crippen LogP contribution in [0.3, 0.4) is 0 Å². The number of hydrogen-bond acceptors (Lipinski definition) is 6. The first kappa shape index (κ1) is 21.1. The third kappa shape index (κ3) is 5.58. The van der Waals surface area contributed by atoms with Crippen molar-refractivity contribution in [3.63, 3.8) is 0 Å². The fraction of sp³-hybridized carbons (Fsp3) is 0.444. The number of aromatic carboxylic acids is 2. The Kier molecular flexibility index (Phi) is 7.30. The fourth-order valence-electron chi connectivity index (χ4n) is 1.93. The van der Waals surface area contributed by atoms with E-state index in [-0.39, 0.29) is 25.0 Å². The Hall–Kier alpha value is -2.90. The molecule has 0 saturated carbocycles. The van der Waals surface area contributed by atoms with Crippen molar-refractivity contribution in [2.45, 2.75) is 27.7 Å².